The van der Waals surface area contributed by atoms with Crippen molar-refractivity contribution in [3.63, 3.8) is 0 Å². The summed E-state index contributed by atoms with van der Waals surface area (Å²) in [7, 11) is 0. The van der Waals surface area contributed by atoms with Crippen molar-refractivity contribution >= 4 is 17.5 Å². The molecule has 104 valence electrons. The summed E-state index contributed by atoms with van der Waals surface area (Å²) in [6.45, 7) is 5.00. The van der Waals surface area contributed by atoms with Crippen LogP contribution in [-0.4, -0.2) is 36.0 Å². The van der Waals surface area contributed by atoms with Crippen LogP contribution in [0, 0.1) is 6.92 Å². The quantitative estimate of drug-likeness (QED) is 0.922. The van der Waals surface area contributed by atoms with Gasteiger partial charge < -0.3 is 15.4 Å². The van der Waals surface area contributed by atoms with Crippen LogP contribution in [0.5, 0.6) is 5.75 Å². The summed E-state index contributed by atoms with van der Waals surface area (Å²) < 4.78 is 5.67. The maximum atomic E-state index is 12.2. The van der Waals surface area contributed by atoms with Crippen LogP contribution in [0.2, 0.25) is 5.02 Å². The van der Waals surface area contributed by atoms with Gasteiger partial charge >= 0.3 is 0 Å². The van der Waals surface area contributed by atoms with E-state index >= 15 is 0 Å². The molecule has 1 amide bonds. The van der Waals surface area contributed by atoms with E-state index in [-0.39, 0.29) is 11.9 Å². The average Bonchev–Trinajstić information content (AvgIpc) is 2.79. The second kappa shape index (κ2) is 5.80. The predicted molar refractivity (Wildman–Crippen MR) is 75.5 cm³/mol. The first kappa shape index (κ1) is 14.2. The smallest absolute Gasteiger partial charge is 0.263 e. The van der Waals surface area contributed by atoms with Crippen molar-refractivity contribution in [1.29, 1.82) is 0 Å². The molecule has 0 unspecified atom stereocenters. The fourth-order valence-corrected chi connectivity index (χ4v) is 2.35. The van der Waals surface area contributed by atoms with E-state index in [0.717, 1.165) is 12.0 Å². The zero-order chi connectivity index (χ0) is 14.0. The number of likely N-dealkylation sites (tertiary alicyclic amines) is 1. The van der Waals surface area contributed by atoms with Gasteiger partial charge in [-0.3, -0.25) is 4.79 Å². The Balaban J connectivity index is 2.02. The lowest BCUT2D eigenvalue weighted by Gasteiger charge is -2.22. The van der Waals surface area contributed by atoms with Crippen LogP contribution in [0.15, 0.2) is 18.2 Å². The van der Waals surface area contributed by atoms with E-state index in [2.05, 4.69) is 0 Å². The lowest BCUT2D eigenvalue weighted by Crippen LogP contribution is -2.40. The van der Waals surface area contributed by atoms with E-state index in [1.807, 2.05) is 19.1 Å². The molecule has 1 heterocycles. The number of aryl methyl sites for hydroxylation is 1. The Morgan fingerprint density at radius 3 is 2.95 bits per heavy atom. The van der Waals surface area contributed by atoms with Gasteiger partial charge in [0.2, 0.25) is 0 Å². The number of nitrogens with zero attached hydrogens (tertiary/aromatic N) is 1. The van der Waals surface area contributed by atoms with Crippen molar-refractivity contribution in [2.75, 3.05) is 13.1 Å². The maximum Gasteiger partial charge on any atom is 0.263 e. The molecule has 0 saturated carbocycles. The lowest BCUT2D eigenvalue weighted by molar-refractivity contribution is -0.136. The highest BCUT2D eigenvalue weighted by molar-refractivity contribution is 6.32. The van der Waals surface area contributed by atoms with Gasteiger partial charge in [0.05, 0.1) is 5.02 Å². The number of amides is 1. The third-order valence-corrected chi connectivity index (χ3v) is 3.59. The van der Waals surface area contributed by atoms with E-state index in [9.17, 15) is 4.79 Å². The van der Waals surface area contributed by atoms with E-state index < -0.39 is 6.10 Å². The molecule has 2 atom stereocenters. The van der Waals surface area contributed by atoms with Crippen LogP contribution in [0.25, 0.3) is 0 Å². The number of halogens is 1. The van der Waals surface area contributed by atoms with E-state index in [0.29, 0.717) is 23.9 Å². The molecule has 2 rings (SSSR count). The number of nitrogens with two attached hydrogens (primary N) is 1. The largest absolute Gasteiger partial charge is 0.479 e. The van der Waals surface area contributed by atoms with E-state index in [1.54, 1.807) is 17.9 Å². The second-order valence-electron chi connectivity index (χ2n) is 5.03. The van der Waals surface area contributed by atoms with Gasteiger partial charge in [-0.05, 0) is 38.0 Å². The van der Waals surface area contributed by atoms with Crippen molar-refractivity contribution in [3.05, 3.63) is 28.8 Å². The minimum atomic E-state index is -0.551. The van der Waals surface area contributed by atoms with Crippen LogP contribution in [0.1, 0.15) is 18.9 Å². The highest BCUT2D eigenvalue weighted by Crippen LogP contribution is 2.26. The van der Waals surface area contributed by atoms with E-state index in [4.69, 9.17) is 22.1 Å². The fourth-order valence-electron chi connectivity index (χ4n) is 2.19. The van der Waals surface area contributed by atoms with Crippen molar-refractivity contribution in [1.82, 2.24) is 4.90 Å². The summed E-state index contributed by atoms with van der Waals surface area (Å²) in [5, 5.41) is 0.517. The van der Waals surface area contributed by atoms with Crippen molar-refractivity contribution in [2.24, 2.45) is 5.73 Å². The molecule has 19 heavy (non-hydrogen) atoms. The Morgan fingerprint density at radius 2 is 2.32 bits per heavy atom. The Bertz CT molecular complexity index is 479. The lowest BCUT2D eigenvalue weighted by atomic mass is 10.2. The van der Waals surface area contributed by atoms with Gasteiger partial charge in [-0.15, -0.1) is 0 Å². The Labute approximate surface area is 118 Å². The van der Waals surface area contributed by atoms with Gasteiger partial charge in [-0.25, -0.2) is 0 Å². The first-order valence-electron chi connectivity index (χ1n) is 6.44. The van der Waals surface area contributed by atoms with Gasteiger partial charge in [0.15, 0.2) is 6.10 Å². The predicted octanol–water partition coefficient (Wildman–Crippen LogP) is 1.98. The number of carbonyl (C=O) groups is 1. The number of rotatable bonds is 3. The molecule has 4 nitrogen and oxygen atoms in total. The zero-order valence-corrected chi connectivity index (χ0v) is 12.0. The first-order valence-corrected chi connectivity index (χ1v) is 6.82. The highest BCUT2D eigenvalue weighted by Gasteiger charge is 2.28. The SMILES string of the molecule is Cc1ccc(Cl)c(O[C@@H](C)C(=O)N2CC[C@H](N)C2)c1. The summed E-state index contributed by atoms with van der Waals surface area (Å²) in [5.74, 6) is 0.511. The first-order chi connectivity index (χ1) is 8.97. The summed E-state index contributed by atoms with van der Waals surface area (Å²) in [5.41, 5.74) is 6.85. The molecule has 1 fully saturated rings. The third kappa shape index (κ3) is 3.39. The van der Waals surface area contributed by atoms with Gasteiger partial charge in [0.25, 0.3) is 5.91 Å². The molecule has 1 aromatic rings. The number of ether oxygens (including phenoxy) is 1. The summed E-state index contributed by atoms with van der Waals surface area (Å²) >= 11 is 6.06. The number of hydrogen-bond donors (Lipinski definition) is 1. The molecule has 0 aromatic heterocycles. The van der Waals surface area contributed by atoms with Gasteiger partial charge in [-0.2, -0.15) is 0 Å². The molecule has 5 heteroatoms. The minimum absolute atomic E-state index is 0.0366. The molecule has 2 N–H and O–H groups in total. The van der Waals surface area contributed by atoms with Gasteiger partial charge in [-0.1, -0.05) is 17.7 Å². The number of carbonyl (C=O) groups excluding carboxylic acids is 1. The highest BCUT2D eigenvalue weighted by atomic mass is 35.5. The third-order valence-electron chi connectivity index (χ3n) is 3.27. The van der Waals surface area contributed by atoms with Crippen LogP contribution in [-0.2, 0) is 4.79 Å². The average molecular weight is 283 g/mol. The molecule has 1 aliphatic heterocycles. The van der Waals surface area contributed by atoms with Crippen LogP contribution in [0.4, 0.5) is 0 Å². The molecular weight excluding hydrogens is 264 g/mol. The van der Waals surface area contributed by atoms with Crippen molar-refractivity contribution < 1.29 is 9.53 Å². The van der Waals surface area contributed by atoms with E-state index in [1.165, 1.54) is 0 Å². The molecule has 0 spiro atoms. The molecular formula is C14H19ClN2O2. The number of benzene rings is 1. The maximum absolute atomic E-state index is 12.2. The second-order valence-corrected chi connectivity index (χ2v) is 5.43. The minimum Gasteiger partial charge on any atom is -0.479 e. The summed E-state index contributed by atoms with van der Waals surface area (Å²) in [6, 6.07) is 5.59. The topological polar surface area (TPSA) is 55.6 Å². The Morgan fingerprint density at radius 1 is 1.58 bits per heavy atom. The van der Waals surface area contributed by atoms with Crippen LogP contribution in [0.3, 0.4) is 0 Å². The zero-order valence-electron chi connectivity index (χ0n) is 11.2. The van der Waals surface area contributed by atoms with Crippen molar-refractivity contribution in [3.8, 4) is 5.75 Å². The molecule has 0 aliphatic carbocycles. The standard InChI is InChI=1S/C14H19ClN2O2/c1-9-3-4-12(15)13(7-9)19-10(2)14(18)17-6-5-11(16)8-17/h3-4,7,10-11H,5-6,8,16H2,1-2H3/t10-,11-/m0/s1. The Kier molecular flexibility index (Phi) is 4.32. The fraction of sp³-hybridized carbons (Fsp3) is 0.500. The Hall–Kier alpha value is -1.26. The summed E-state index contributed by atoms with van der Waals surface area (Å²) in [4.78, 5) is 13.9. The van der Waals surface area contributed by atoms with Crippen LogP contribution < -0.4 is 10.5 Å². The number of hydrogen-bond acceptors (Lipinski definition) is 3. The normalized spacial score (nSPS) is 20.4. The molecule has 1 aliphatic rings. The van der Waals surface area contributed by atoms with Gasteiger partial charge in [0.1, 0.15) is 5.75 Å². The van der Waals surface area contributed by atoms with Crippen molar-refractivity contribution in [2.45, 2.75) is 32.4 Å². The molecule has 0 radical (unpaired) electrons. The van der Waals surface area contributed by atoms with Crippen LogP contribution >= 0.6 is 11.6 Å². The molecule has 1 saturated heterocycles. The monoisotopic (exact) mass is 282 g/mol. The summed E-state index contributed by atoms with van der Waals surface area (Å²) in [6.07, 6.45) is 0.300. The molecule has 1 aromatic carbocycles. The molecule has 0 bridgehead atoms. The van der Waals surface area contributed by atoms with Gasteiger partial charge in [0, 0.05) is 19.1 Å².